The van der Waals surface area contributed by atoms with Gasteiger partial charge < -0.3 is 0 Å². The van der Waals surface area contributed by atoms with Gasteiger partial charge in [-0.05, 0) is 0 Å². The fraction of sp³-hybridized carbons (Fsp3) is 0.0968. The van der Waals surface area contributed by atoms with E-state index in [4.69, 9.17) is 5.26 Å². The van der Waals surface area contributed by atoms with Gasteiger partial charge in [0.15, 0.2) is 69.8 Å². The van der Waals surface area contributed by atoms with Gasteiger partial charge in [0.1, 0.15) is 35.4 Å². The number of nitrogens with zero attached hydrogens (tertiary/aromatic N) is 4. The maximum Gasteiger partial charge on any atom is 0.422 e. The highest BCUT2D eigenvalue weighted by molar-refractivity contribution is 6.12. The van der Waals surface area contributed by atoms with E-state index in [-0.39, 0.29) is 6.92 Å². The molecular formula is C31H3F17N4. The van der Waals surface area contributed by atoms with E-state index in [1.807, 2.05) is 0 Å². The number of nitriles is 4. The van der Waals surface area contributed by atoms with Crippen LogP contribution in [0.15, 0.2) is 16.7 Å². The van der Waals surface area contributed by atoms with Crippen molar-refractivity contribution in [3.63, 3.8) is 0 Å². The third-order valence-electron chi connectivity index (χ3n) is 7.15. The van der Waals surface area contributed by atoms with E-state index in [0.717, 1.165) is 18.2 Å². The van der Waals surface area contributed by atoms with Crippen molar-refractivity contribution < 1.29 is 74.6 Å². The zero-order valence-electron chi connectivity index (χ0n) is 24.2. The monoisotopic (exact) mass is 754 g/mol. The molecule has 3 aromatic rings. The molecule has 1 aliphatic carbocycles. The lowest BCUT2D eigenvalue weighted by atomic mass is 9.97. The fourth-order valence-electron chi connectivity index (χ4n) is 4.93. The second-order valence-corrected chi connectivity index (χ2v) is 10.1. The summed E-state index contributed by atoms with van der Waals surface area (Å²) in [6.07, 6.45) is -6.19. The smallest absolute Gasteiger partial charge is 0.203 e. The van der Waals surface area contributed by atoms with Crippen LogP contribution in [0.1, 0.15) is 40.3 Å². The van der Waals surface area contributed by atoms with Gasteiger partial charge in [-0.3, -0.25) is 0 Å². The Kier molecular flexibility index (Phi) is 9.44. The normalized spacial score (nSPS) is 15.7. The first-order valence-electron chi connectivity index (χ1n) is 12.9. The van der Waals surface area contributed by atoms with Gasteiger partial charge in [-0.15, -0.1) is 0 Å². The Labute approximate surface area is 276 Å². The molecule has 0 atom stereocenters. The molecule has 0 amide bonds. The van der Waals surface area contributed by atoms with Gasteiger partial charge in [-0.2, -0.15) is 34.2 Å². The van der Waals surface area contributed by atoms with Crippen LogP contribution in [0, 0.1) is 115 Å². The highest BCUT2D eigenvalue weighted by Crippen LogP contribution is 2.58. The summed E-state index contributed by atoms with van der Waals surface area (Å²) in [7, 11) is 0. The minimum Gasteiger partial charge on any atom is -0.203 e. The standard InChI is InChI=1S/C31H3F17N4/c1-30(44,45)16-26(40)22(36)14(23(37)27(16)41)7(3-50)11-10(6(2-49)13-20(34)18(32)9(5-52)19(33)21(13)35)12(11)8(4-51)15-24(38)28(42)17(31(46,47)48)29(43)25(15)39/h1H3. The predicted octanol–water partition coefficient (Wildman–Crippen LogP) is 9.60. The van der Waals surface area contributed by atoms with Crippen molar-refractivity contribution in [2.45, 2.75) is 19.0 Å². The van der Waals surface area contributed by atoms with Crippen molar-refractivity contribution in [1.29, 1.82) is 21.0 Å². The zero-order valence-corrected chi connectivity index (χ0v) is 24.2. The number of hydrogen-bond acceptors (Lipinski definition) is 4. The average Bonchev–Trinajstić information content (AvgIpc) is 3.77. The maximum atomic E-state index is 15.2. The van der Waals surface area contributed by atoms with E-state index in [0.29, 0.717) is 6.07 Å². The minimum atomic E-state index is -6.19. The van der Waals surface area contributed by atoms with Crippen molar-refractivity contribution in [3.05, 3.63) is 120 Å². The average molecular weight is 754 g/mol. The Balaban J connectivity index is 2.38. The van der Waals surface area contributed by atoms with Gasteiger partial charge in [0.25, 0.3) is 5.92 Å². The minimum absolute atomic E-state index is 0.262. The zero-order chi connectivity index (χ0) is 39.7. The Morgan fingerprint density at radius 1 is 0.404 bits per heavy atom. The molecule has 21 heteroatoms. The summed E-state index contributed by atoms with van der Waals surface area (Å²) in [5, 5.41) is 38.1. The lowest BCUT2D eigenvalue weighted by Gasteiger charge is -2.16. The van der Waals surface area contributed by atoms with E-state index in [9.17, 15) is 64.1 Å². The summed E-state index contributed by atoms with van der Waals surface area (Å²) in [5.41, 5.74) is -26.1. The molecule has 1 fully saturated rings. The first kappa shape index (κ1) is 38.5. The molecule has 0 heterocycles. The molecular weight excluding hydrogens is 751 g/mol. The summed E-state index contributed by atoms with van der Waals surface area (Å²) in [5.74, 6) is -39.5. The summed E-state index contributed by atoms with van der Waals surface area (Å²) in [6.45, 7) is -0.262. The van der Waals surface area contributed by atoms with Crippen LogP contribution >= 0.6 is 0 Å². The molecule has 1 saturated carbocycles. The molecule has 0 aliphatic heterocycles. The van der Waals surface area contributed by atoms with Gasteiger partial charge in [0.05, 0.1) is 39.0 Å². The summed E-state index contributed by atoms with van der Waals surface area (Å²) in [6, 6.07) is 3.01. The Morgan fingerprint density at radius 3 is 0.865 bits per heavy atom. The largest absolute Gasteiger partial charge is 0.422 e. The highest BCUT2D eigenvalue weighted by Gasteiger charge is 2.48. The Bertz CT molecular complexity index is 2230. The molecule has 3 aromatic carbocycles. The molecule has 4 rings (SSSR count). The summed E-state index contributed by atoms with van der Waals surface area (Å²) >= 11 is 0. The van der Waals surface area contributed by atoms with Crippen molar-refractivity contribution >= 4 is 16.7 Å². The molecule has 4 nitrogen and oxygen atoms in total. The lowest BCUT2D eigenvalue weighted by molar-refractivity contribution is -0.143. The van der Waals surface area contributed by atoms with Gasteiger partial charge >= 0.3 is 6.18 Å². The number of hydrogen-bond donors (Lipinski definition) is 0. The fourth-order valence-corrected chi connectivity index (χ4v) is 4.93. The number of benzene rings is 3. The van der Waals surface area contributed by atoms with Crippen LogP contribution in [-0.4, -0.2) is 0 Å². The number of alkyl halides is 5. The lowest BCUT2D eigenvalue weighted by Crippen LogP contribution is -2.18. The quantitative estimate of drug-likeness (QED) is 0.151. The number of allylic oxidation sites excluding steroid dienone is 6. The van der Waals surface area contributed by atoms with Gasteiger partial charge in [0.2, 0.25) is 0 Å². The maximum absolute atomic E-state index is 15.2. The predicted molar refractivity (Wildman–Crippen MR) is 136 cm³/mol. The van der Waals surface area contributed by atoms with Crippen molar-refractivity contribution in [2.24, 2.45) is 0 Å². The first-order valence-corrected chi connectivity index (χ1v) is 12.9. The number of halogens is 17. The second kappa shape index (κ2) is 12.8. The Morgan fingerprint density at radius 2 is 0.654 bits per heavy atom. The topological polar surface area (TPSA) is 95.2 Å². The van der Waals surface area contributed by atoms with Crippen LogP contribution in [0.3, 0.4) is 0 Å². The molecule has 266 valence electrons. The van der Waals surface area contributed by atoms with E-state index in [1.54, 1.807) is 0 Å². The van der Waals surface area contributed by atoms with Crippen LogP contribution in [0.2, 0.25) is 0 Å². The third-order valence-corrected chi connectivity index (χ3v) is 7.15. The van der Waals surface area contributed by atoms with Crippen LogP contribution in [0.5, 0.6) is 0 Å². The van der Waals surface area contributed by atoms with Crippen LogP contribution in [0.4, 0.5) is 74.6 Å². The van der Waals surface area contributed by atoms with Crippen molar-refractivity contribution in [1.82, 2.24) is 0 Å². The number of rotatable bonds is 4. The molecule has 1 aliphatic rings. The van der Waals surface area contributed by atoms with Gasteiger partial charge in [-0.25, -0.2) is 61.5 Å². The van der Waals surface area contributed by atoms with Crippen LogP contribution in [0.25, 0.3) is 16.7 Å². The molecule has 0 spiro atoms. The van der Waals surface area contributed by atoms with E-state index in [2.05, 4.69) is 0 Å². The SMILES string of the molecule is CC(F)(F)c1c(F)c(F)c(C(C#N)=C2C(=C(C#N)c3c(F)c(F)c(C#N)c(F)c3F)C2=C(C#N)c2c(F)c(F)c(C(F)(F)F)c(F)c2F)c(F)c1F. The molecule has 0 radical (unpaired) electrons. The Hall–Kier alpha value is -6.35. The van der Waals surface area contributed by atoms with E-state index in [1.165, 1.54) is 0 Å². The summed E-state index contributed by atoms with van der Waals surface area (Å²) in [4.78, 5) is 0. The van der Waals surface area contributed by atoms with E-state index < -0.39 is 149 Å². The molecule has 0 unspecified atom stereocenters. The molecule has 0 bridgehead atoms. The summed E-state index contributed by atoms with van der Waals surface area (Å²) < 4.78 is 245. The van der Waals surface area contributed by atoms with Crippen molar-refractivity contribution in [3.8, 4) is 24.3 Å². The molecule has 0 aromatic heterocycles. The van der Waals surface area contributed by atoms with Crippen LogP contribution < -0.4 is 0 Å². The van der Waals surface area contributed by atoms with Crippen molar-refractivity contribution in [2.75, 3.05) is 0 Å². The molecule has 0 saturated heterocycles. The highest BCUT2D eigenvalue weighted by atomic mass is 19.4. The van der Waals surface area contributed by atoms with E-state index >= 15 is 26.3 Å². The van der Waals surface area contributed by atoms with Gasteiger partial charge in [-0.1, -0.05) is 0 Å². The molecule has 52 heavy (non-hydrogen) atoms. The molecule has 0 N–H and O–H groups in total. The second-order valence-electron chi connectivity index (χ2n) is 10.1. The third kappa shape index (κ3) is 5.55. The first-order chi connectivity index (χ1) is 24.0. The van der Waals surface area contributed by atoms with Crippen LogP contribution in [-0.2, 0) is 12.1 Å². The van der Waals surface area contributed by atoms with Gasteiger partial charge in [0, 0.05) is 23.6 Å².